The first-order valence-electron chi connectivity index (χ1n) is 12.7. The monoisotopic (exact) mass is 528 g/mol. The van der Waals surface area contributed by atoms with Gasteiger partial charge in [-0.05, 0) is 41.3 Å². The molecule has 0 aliphatic carbocycles. The van der Waals surface area contributed by atoms with E-state index in [-0.39, 0.29) is 25.1 Å². The Labute approximate surface area is 223 Å². The number of fused-ring (bicyclic) bond motifs is 3. The van der Waals surface area contributed by atoms with Gasteiger partial charge in [-0.1, -0.05) is 18.2 Å². The average molecular weight is 529 g/mol. The SMILES string of the molecule is Nc1nc2cc(-c3nn(Cc4ccc5c(c4)CCN(C(=O)CCOCCO)C5)c4ncnc(N)c34)ccc2o1. The second kappa shape index (κ2) is 10.3. The van der Waals surface area contributed by atoms with Crippen LogP contribution in [0.5, 0.6) is 0 Å². The molecule has 4 heterocycles. The molecule has 0 spiro atoms. The number of carbonyl (C=O) groups is 1. The number of anilines is 2. The van der Waals surface area contributed by atoms with Crippen LogP contribution in [0.15, 0.2) is 47.1 Å². The molecule has 1 aliphatic rings. The van der Waals surface area contributed by atoms with Crippen molar-refractivity contribution in [1.82, 2.24) is 29.6 Å². The first-order valence-corrected chi connectivity index (χ1v) is 12.7. The zero-order valence-corrected chi connectivity index (χ0v) is 21.2. The van der Waals surface area contributed by atoms with E-state index in [1.54, 1.807) is 6.07 Å². The summed E-state index contributed by atoms with van der Waals surface area (Å²) in [5.74, 6) is 0.403. The molecule has 39 heavy (non-hydrogen) atoms. The summed E-state index contributed by atoms with van der Waals surface area (Å²) in [6.45, 7) is 2.24. The smallest absolute Gasteiger partial charge is 0.292 e. The highest BCUT2D eigenvalue weighted by Crippen LogP contribution is 2.33. The molecule has 2 aromatic carbocycles. The minimum absolute atomic E-state index is 0.0440. The maximum Gasteiger partial charge on any atom is 0.292 e. The number of nitrogen functional groups attached to an aromatic ring is 2. The minimum Gasteiger partial charge on any atom is -0.424 e. The Bertz CT molecular complexity index is 1680. The molecule has 0 saturated heterocycles. The largest absolute Gasteiger partial charge is 0.424 e. The van der Waals surface area contributed by atoms with Crippen LogP contribution in [-0.4, -0.2) is 67.0 Å². The second-order valence-electron chi connectivity index (χ2n) is 9.45. The Kier molecular flexibility index (Phi) is 6.55. The molecule has 0 bridgehead atoms. The minimum atomic E-state index is -0.0440. The number of benzene rings is 2. The molecule has 6 rings (SSSR count). The third-order valence-electron chi connectivity index (χ3n) is 6.90. The summed E-state index contributed by atoms with van der Waals surface area (Å²) in [5.41, 5.74) is 18.7. The Balaban J connectivity index is 1.25. The summed E-state index contributed by atoms with van der Waals surface area (Å²) < 4.78 is 12.5. The lowest BCUT2D eigenvalue weighted by Crippen LogP contribution is -2.36. The Morgan fingerprint density at radius 2 is 2.00 bits per heavy atom. The van der Waals surface area contributed by atoms with E-state index in [9.17, 15) is 4.79 Å². The lowest BCUT2D eigenvalue weighted by Gasteiger charge is -2.29. The van der Waals surface area contributed by atoms with Crippen molar-refractivity contribution < 1.29 is 19.1 Å². The molecule has 12 heteroatoms. The van der Waals surface area contributed by atoms with Crippen LogP contribution in [0.4, 0.5) is 11.8 Å². The van der Waals surface area contributed by atoms with E-state index < -0.39 is 0 Å². The van der Waals surface area contributed by atoms with Crippen LogP contribution >= 0.6 is 0 Å². The normalized spacial score (nSPS) is 13.3. The molecule has 1 aliphatic heterocycles. The number of oxazole rings is 1. The summed E-state index contributed by atoms with van der Waals surface area (Å²) in [4.78, 5) is 27.3. The first-order chi connectivity index (χ1) is 19.0. The molecule has 12 nitrogen and oxygen atoms in total. The number of ether oxygens (including phenoxy) is 1. The van der Waals surface area contributed by atoms with Crippen molar-refractivity contribution in [3.8, 4) is 11.3 Å². The van der Waals surface area contributed by atoms with E-state index >= 15 is 0 Å². The fraction of sp³-hybridized carbons (Fsp3) is 0.296. The number of carbonyl (C=O) groups excluding carboxylic acids is 1. The van der Waals surface area contributed by atoms with Crippen molar-refractivity contribution in [2.45, 2.75) is 25.9 Å². The van der Waals surface area contributed by atoms with Gasteiger partial charge in [-0.15, -0.1) is 0 Å². The lowest BCUT2D eigenvalue weighted by molar-refractivity contribution is -0.133. The second-order valence-corrected chi connectivity index (χ2v) is 9.45. The Morgan fingerprint density at radius 1 is 1.10 bits per heavy atom. The molecule has 0 fully saturated rings. The van der Waals surface area contributed by atoms with E-state index in [4.69, 9.17) is 30.8 Å². The van der Waals surface area contributed by atoms with Gasteiger partial charge in [0.15, 0.2) is 11.2 Å². The van der Waals surface area contributed by atoms with E-state index in [0.717, 1.165) is 23.1 Å². The van der Waals surface area contributed by atoms with Crippen molar-refractivity contribution in [3.05, 3.63) is 59.4 Å². The molecule has 0 unspecified atom stereocenters. The number of aliphatic hydroxyl groups excluding tert-OH is 1. The topological polar surface area (TPSA) is 171 Å². The number of aromatic nitrogens is 5. The van der Waals surface area contributed by atoms with E-state index in [1.807, 2.05) is 21.7 Å². The predicted molar refractivity (Wildman–Crippen MR) is 144 cm³/mol. The molecule has 5 N–H and O–H groups in total. The van der Waals surface area contributed by atoms with Crippen molar-refractivity contribution in [2.24, 2.45) is 0 Å². The van der Waals surface area contributed by atoms with Gasteiger partial charge in [0.25, 0.3) is 6.01 Å². The Hall–Kier alpha value is -4.55. The van der Waals surface area contributed by atoms with Gasteiger partial charge < -0.3 is 30.6 Å². The van der Waals surface area contributed by atoms with Gasteiger partial charge in [-0.2, -0.15) is 10.1 Å². The number of nitrogens with two attached hydrogens (primary N) is 2. The van der Waals surface area contributed by atoms with Crippen molar-refractivity contribution in [2.75, 3.05) is 37.8 Å². The first kappa shape index (κ1) is 24.8. The fourth-order valence-electron chi connectivity index (χ4n) is 5.01. The quantitative estimate of drug-likeness (QED) is 0.253. The molecule has 3 aromatic heterocycles. The van der Waals surface area contributed by atoms with Gasteiger partial charge in [-0.25, -0.2) is 14.6 Å². The molecule has 1 amide bonds. The maximum absolute atomic E-state index is 12.6. The van der Waals surface area contributed by atoms with Crippen LogP contribution in [0.3, 0.4) is 0 Å². The summed E-state index contributed by atoms with van der Waals surface area (Å²) >= 11 is 0. The number of hydrogen-bond acceptors (Lipinski definition) is 10. The van der Waals surface area contributed by atoms with Gasteiger partial charge >= 0.3 is 0 Å². The highest BCUT2D eigenvalue weighted by Gasteiger charge is 2.22. The summed E-state index contributed by atoms with van der Waals surface area (Å²) in [6.07, 6.45) is 2.52. The van der Waals surface area contributed by atoms with E-state index in [2.05, 4.69) is 33.2 Å². The van der Waals surface area contributed by atoms with Crippen molar-refractivity contribution >= 4 is 39.9 Å². The van der Waals surface area contributed by atoms with Crippen molar-refractivity contribution in [1.29, 1.82) is 0 Å². The molecule has 0 radical (unpaired) electrons. The van der Waals surface area contributed by atoms with Crippen LogP contribution in [0.2, 0.25) is 0 Å². The highest BCUT2D eigenvalue weighted by molar-refractivity contribution is 5.99. The maximum atomic E-state index is 12.6. The van der Waals surface area contributed by atoms with Crippen LogP contribution in [0, 0.1) is 0 Å². The molecule has 5 aromatic rings. The van der Waals surface area contributed by atoms with Crippen LogP contribution in [0.1, 0.15) is 23.1 Å². The van der Waals surface area contributed by atoms with Crippen LogP contribution in [-0.2, 0) is 29.0 Å². The number of rotatable bonds is 8. The molecular weight excluding hydrogens is 500 g/mol. The van der Waals surface area contributed by atoms with Gasteiger partial charge in [0.1, 0.15) is 23.4 Å². The van der Waals surface area contributed by atoms with E-state index in [1.165, 1.54) is 11.9 Å². The van der Waals surface area contributed by atoms with Crippen LogP contribution < -0.4 is 11.5 Å². The number of nitrogens with zero attached hydrogens (tertiary/aromatic N) is 6. The van der Waals surface area contributed by atoms with Crippen LogP contribution in [0.25, 0.3) is 33.4 Å². The summed E-state index contributed by atoms with van der Waals surface area (Å²) in [7, 11) is 0. The van der Waals surface area contributed by atoms with Gasteiger partial charge in [0.05, 0.1) is 38.2 Å². The zero-order valence-electron chi connectivity index (χ0n) is 21.2. The highest BCUT2D eigenvalue weighted by atomic mass is 16.5. The molecular formula is C27H28N8O4. The summed E-state index contributed by atoms with van der Waals surface area (Å²) in [5, 5.41) is 14.4. The molecule has 200 valence electrons. The Morgan fingerprint density at radius 3 is 2.87 bits per heavy atom. The standard InChI is InChI=1S/C27H28N8O4/c28-25-23-24(18-3-4-21-20(12-18)32-27(29)39-21)33-35(26(23)31-15-30-25)13-16-1-2-19-14-34(7-5-17(19)11-16)22(37)6-9-38-10-8-36/h1-4,11-12,15,36H,5-10,13-14H2,(H2,29,32)(H2,28,30,31). The molecule has 0 saturated carbocycles. The number of amides is 1. The van der Waals surface area contributed by atoms with Gasteiger partial charge in [0.2, 0.25) is 5.91 Å². The third-order valence-corrected chi connectivity index (χ3v) is 6.90. The van der Waals surface area contributed by atoms with Crippen molar-refractivity contribution in [3.63, 3.8) is 0 Å². The lowest BCUT2D eigenvalue weighted by atomic mass is 9.97. The van der Waals surface area contributed by atoms with Gasteiger partial charge in [0, 0.05) is 18.7 Å². The summed E-state index contributed by atoms with van der Waals surface area (Å²) in [6, 6.07) is 12.0. The van der Waals surface area contributed by atoms with Gasteiger partial charge in [-0.3, -0.25) is 4.79 Å². The fourth-order valence-corrected chi connectivity index (χ4v) is 5.01. The average Bonchev–Trinajstić information content (AvgIpc) is 3.50. The number of hydrogen-bond donors (Lipinski definition) is 3. The third kappa shape index (κ3) is 4.87. The molecule has 0 atom stereocenters. The number of aliphatic hydroxyl groups is 1. The van der Waals surface area contributed by atoms with E-state index in [0.29, 0.717) is 66.3 Å². The zero-order chi connectivity index (χ0) is 26.9. The predicted octanol–water partition coefficient (Wildman–Crippen LogP) is 2.13.